The van der Waals surface area contributed by atoms with Crippen molar-refractivity contribution < 1.29 is 0 Å². The van der Waals surface area contributed by atoms with E-state index in [2.05, 4.69) is 32.9 Å². The van der Waals surface area contributed by atoms with Crippen LogP contribution in [0, 0.1) is 11.3 Å². The van der Waals surface area contributed by atoms with E-state index in [1.54, 1.807) is 11.7 Å². The van der Waals surface area contributed by atoms with Gasteiger partial charge in [-0.3, -0.25) is 4.99 Å². The summed E-state index contributed by atoms with van der Waals surface area (Å²) >= 11 is 6.03. The van der Waals surface area contributed by atoms with Gasteiger partial charge in [0.25, 0.3) is 0 Å². The van der Waals surface area contributed by atoms with Crippen molar-refractivity contribution in [2.75, 3.05) is 25.9 Å². The van der Waals surface area contributed by atoms with Crippen LogP contribution < -0.4 is 16.4 Å². The predicted molar refractivity (Wildman–Crippen MR) is 126 cm³/mol. The minimum atomic E-state index is 0.371. The molecule has 0 unspecified atom stereocenters. The standard InChI is InChI=1S/C23H26ClN7/c1-27-23(29-14-12-17-7-5-8-18(24)15-17)28-13-6-11-21-20(16-25)22(26)31(30-21)19-9-3-2-4-10-19/h2-5,7-10,15H,6,11-14,26H2,1H3,(H2,27,28,29). The summed E-state index contributed by atoms with van der Waals surface area (Å²) in [5.41, 5.74) is 9.31. The van der Waals surface area contributed by atoms with Gasteiger partial charge in [0.2, 0.25) is 0 Å². The third-order valence-corrected chi connectivity index (χ3v) is 5.04. The largest absolute Gasteiger partial charge is 0.382 e. The number of rotatable bonds is 8. The molecule has 160 valence electrons. The van der Waals surface area contributed by atoms with Crippen LogP contribution in [0.25, 0.3) is 5.69 Å². The number of aliphatic imine (C=N–C) groups is 1. The quantitative estimate of drug-likeness (QED) is 0.286. The maximum Gasteiger partial charge on any atom is 0.190 e. The third kappa shape index (κ3) is 6.00. The van der Waals surface area contributed by atoms with E-state index in [9.17, 15) is 5.26 Å². The van der Waals surface area contributed by atoms with E-state index in [0.29, 0.717) is 30.0 Å². The lowest BCUT2D eigenvalue weighted by atomic mass is 10.1. The minimum absolute atomic E-state index is 0.371. The molecule has 1 heterocycles. The molecular formula is C23H26ClN7. The summed E-state index contributed by atoms with van der Waals surface area (Å²) in [6.07, 6.45) is 2.28. The summed E-state index contributed by atoms with van der Waals surface area (Å²) in [5, 5.41) is 21.4. The van der Waals surface area contributed by atoms with Crippen LogP contribution in [0.15, 0.2) is 59.6 Å². The number of halogens is 1. The monoisotopic (exact) mass is 435 g/mol. The maximum atomic E-state index is 9.51. The van der Waals surface area contributed by atoms with Gasteiger partial charge in [-0.2, -0.15) is 10.4 Å². The van der Waals surface area contributed by atoms with Crippen LogP contribution in [0.5, 0.6) is 0 Å². The molecule has 0 aliphatic carbocycles. The summed E-state index contributed by atoms with van der Waals surface area (Å²) in [4.78, 5) is 4.25. The van der Waals surface area contributed by atoms with E-state index in [4.69, 9.17) is 17.3 Å². The van der Waals surface area contributed by atoms with Crippen molar-refractivity contribution in [3.63, 3.8) is 0 Å². The van der Waals surface area contributed by atoms with Gasteiger partial charge in [0.1, 0.15) is 17.5 Å². The fraction of sp³-hybridized carbons (Fsp3) is 0.261. The number of guanidine groups is 1. The van der Waals surface area contributed by atoms with Gasteiger partial charge in [-0.15, -0.1) is 0 Å². The number of benzene rings is 2. The first-order chi connectivity index (χ1) is 15.1. The number of nitrogens with one attached hydrogen (secondary N) is 2. The number of hydrogen-bond donors (Lipinski definition) is 3. The Morgan fingerprint density at radius 1 is 1.13 bits per heavy atom. The van der Waals surface area contributed by atoms with Gasteiger partial charge in [-0.1, -0.05) is 41.9 Å². The molecule has 0 saturated heterocycles. The van der Waals surface area contributed by atoms with E-state index < -0.39 is 0 Å². The molecule has 0 amide bonds. The SMILES string of the molecule is CN=C(NCCCc1nn(-c2ccccc2)c(N)c1C#N)NCCc1cccc(Cl)c1. The molecule has 0 bridgehead atoms. The summed E-state index contributed by atoms with van der Waals surface area (Å²) in [6.45, 7) is 1.44. The fourth-order valence-corrected chi connectivity index (χ4v) is 3.45. The zero-order valence-corrected chi connectivity index (χ0v) is 18.2. The lowest BCUT2D eigenvalue weighted by Gasteiger charge is -2.11. The van der Waals surface area contributed by atoms with Crippen LogP contribution in [0.2, 0.25) is 5.02 Å². The molecule has 0 radical (unpaired) electrons. The van der Waals surface area contributed by atoms with Crippen molar-refractivity contribution >= 4 is 23.4 Å². The number of anilines is 1. The number of aryl methyl sites for hydroxylation is 1. The number of nitriles is 1. The van der Waals surface area contributed by atoms with Crippen molar-refractivity contribution in [2.24, 2.45) is 4.99 Å². The van der Waals surface area contributed by atoms with Crippen LogP contribution in [0.1, 0.15) is 23.2 Å². The Bertz CT molecular complexity index is 1070. The summed E-state index contributed by atoms with van der Waals surface area (Å²) in [7, 11) is 1.74. The molecule has 3 rings (SSSR count). The van der Waals surface area contributed by atoms with Gasteiger partial charge in [-0.05, 0) is 49.1 Å². The van der Waals surface area contributed by atoms with Crippen molar-refractivity contribution in [1.29, 1.82) is 5.26 Å². The zero-order valence-electron chi connectivity index (χ0n) is 17.5. The van der Waals surface area contributed by atoms with Crippen LogP contribution in [-0.2, 0) is 12.8 Å². The second-order valence-corrected chi connectivity index (χ2v) is 7.41. The summed E-state index contributed by atoms with van der Waals surface area (Å²) in [5.74, 6) is 1.10. The first-order valence-electron chi connectivity index (χ1n) is 10.1. The number of nitrogen functional groups attached to an aromatic ring is 1. The highest BCUT2D eigenvalue weighted by Gasteiger charge is 2.16. The number of nitrogens with zero attached hydrogens (tertiary/aromatic N) is 4. The first-order valence-corrected chi connectivity index (χ1v) is 10.5. The zero-order chi connectivity index (χ0) is 22.1. The van der Waals surface area contributed by atoms with Gasteiger partial charge in [0.15, 0.2) is 5.96 Å². The molecule has 0 aliphatic rings. The molecule has 0 aliphatic heterocycles. The smallest absolute Gasteiger partial charge is 0.190 e. The number of aromatic nitrogens is 2. The molecule has 7 nitrogen and oxygen atoms in total. The molecule has 1 aromatic heterocycles. The second kappa shape index (κ2) is 11.0. The Morgan fingerprint density at radius 2 is 1.90 bits per heavy atom. The normalized spacial score (nSPS) is 11.2. The highest BCUT2D eigenvalue weighted by atomic mass is 35.5. The molecule has 2 aromatic carbocycles. The lowest BCUT2D eigenvalue weighted by Crippen LogP contribution is -2.38. The predicted octanol–water partition coefficient (Wildman–Crippen LogP) is 3.32. The fourth-order valence-electron chi connectivity index (χ4n) is 3.24. The van der Waals surface area contributed by atoms with Crippen molar-refractivity contribution in [3.05, 3.63) is 76.4 Å². The Labute approximate surface area is 187 Å². The van der Waals surface area contributed by atoms with Crippen molar-refractivity contribution in [1.82, 2.24) is 20.4 Å². The highest BCUT2D eigenvalue weighted by molar-refractivity contribution is 6.30. The van der Waals surface area contributed by atoms with Crippen LogP contribution >= 0.6 is 11.6 Å². The molecule has 3 aromatic rings. The van der Waals surface area contributed by atoms with Gasteiger partial charge in [0, 0.05) is 25.2 Å². The van der Waals surface area contributed by atoms with E-state index in [-0.39, 0.29) is 0 Å². The van der Waals surface area contributed by atoms with Crippen molar-refractivity contribution in [3.8, 4) is 11.8 Å². The van der Waals surface area contributed by atoms with Gasteiger partial charge < -0.3 is 16.4 Å². The van der Waals surface area contributed by atoms with Gasteiger partial charge >= 0.3 is 0 Å². The van der Waals surface area contributed by atoms with E-state index in [1.807, 2.05) is 48.5 Å². The van der Waals surface area contributed by atoms with E-state index >= 15 is 0 Å². The van der Waals surface area contributed by atoms with Crippen LogP contribution in [0.3, 0.4) is 0 Å². The average molecular weight is 436 g/mol. The van der Waals surface area contributed by atoms with Gasteiger partial charge in [0.05, 0.1) is 11.4 Å². The van der Waals surface area contributed by atoms with E-state index in [1.165, 1.54) is 5.56 Å². The first kappa shape index (κ1) is 22.2. The Balaban J connectivity index is 1.49. The van der Waals surface area contributed by atoms with E-state index in [0.717, 1.165) is 36.1 Å². The van der Waals surface area contributed by atoms with Gasteiger partial charge in [-0.25, -0.2) is 4.68 Å². The lowest BCUT2D eigenvalue weighted by molar-refractivity contribution is 0.720. The molecule has 0 fully saturated rings. The molecule has 4 N–H and O–H groups in total. The molecule has 8 heteroatoms. The molecule has 31 heavy (non-hydrogen) atoms. The molecule has 0 saturated carbocycles. The molecular weight excluding hydrogens is 410 g/mol. The maximum absolute atomic E-state index is 9.51. The number of nitrogens with two attached hydrogens (primary N) is 1. The third-order valence-electron chi connectivity index (χ3n) is 4.81. The Kier molecular flexibility index (Phi) is 7.91. The summed E-state index contributed by atoms with van der Waals surface area (Å²) in [6, 6.07) is 19.6. The Hall–Kier alpha value is -3.50. The average Bonchev–Trinajstić information content (AvgIpc) is 3.11. The summed E-state index contributed by atoms with van der Waals surface area (Å²) < 4.78 is 1.62. The molecule has 0 atom stereocenters. The topological polar surface area (TPSA) is 104 Å². The number of hydrogen-bond acceptors (Lipinski definition) is 4. The second-order valence-electron chi connectivity index (χ2n) is 6.98. The minimum Gasteiger partial charge on any atom is -0.382 e. The Morgan fingerprint density at radius 3 is 2.61 bits per heavy atom. The number of para-hydroxylation sites is 1. The molecule has 0 spiro atoms. The van der Waals surface area contributed by atoms with Crippen molar-refractivity contribution in [2.45, 2.75) is 19.3 Å². The van der Waals surface area contributed by atoms with Crippen LogP contribution in [0.4, 0.5) is 5.82 Å². The highest BCUT2D eigenvalue weighted by Crippen LogP contribution is 2.21. The van der Waals surface area contributed by atoms with Crippen LogP contribution in [-0.4, -0.2) is 35.9 Å².